The van der Waals surface area contributed by atoms with E-state index < -0.39 is 5.60 Å². The average Bonchev–Trinajstić information content (AvgIpc) is 3.42. The van der Waals surface area contributed by atoms with Crippen LogP contribution in [0.2, 0.25) is 0 Å². The first-order chi connectivity index (χ1) is 36.6. The van der Waals surface area contributed by atoms with E-state index in [0.717, 1.165) is 212 Å². The van der Waals surface area contributed by atoms with Gasteiger partial charge in [0.1, 0.15) is 5.60 Å². The molecular weight excluding hydrogens is 941 g/mol. The highest BCUT2D eigenvalue weighted by Gasteiger charge is 2.51. The van der Waals surface area contributed by atoms with Gasteiger partial charge in [-0.2, -0.15) is 0 Å². The van der Waals surface area contributed by atoms with Gasteiger partial charge in [-0.15, -0.1) is 0 Å². The summed E-state index contributed by atoms with van der Waals surface area (Å²) < 4.78 is 27.8. The molecule has 0 aromatic carbocycles. The topological polar surface area (TPSA) is 132 Å². The number of rotatable bonds is 58. The summed E-state index contributed by atoms with van der Waals surface area (Å²) in [5, 5.41) is 0. The van der Waals surface area contributed by atoms with Gasteiger partial charge in [0, 0.05) is 35.8 Å². The van der Waals surface area contributed by atoms with Gasteiger partial charge in [0.05, 0.1) is 26.4 Å². The summed E-state index contributed by atoms with van der Waals surface area (Å²) in [5.41, 5.74) is -0.744. The Bertz CT molecular complexity index is 1490. The maximum atomic E-state index is 13.9. The molecule has 0 aliphatic carbocycles. The predicted molar refractivity (Wildman–Crippen MR) is 310 cm³/mol. The maximum Gasteiger partial charge on any atom is 0.330 e. The zero-order valence-corrected chi connectivity index (χ0v) is 48.2. The molecule has 0 spiro atoms. The summed E-state index contributed by atoms with van der Waals surface area (Å²) in [6.45, 7) is 22.0. The molecule has 10 heteroatoms. The van der Waals surface area contributed by atoms with Crippen LogP contribution in [0.5, 0.6) is 0 Å². The third-order valence-corrected chi connectivity index (χ3v) is 15.1. The summed E-state index contributed by atoms with van der Waals surface area (Å²) in [7, 11) is 0. The zero-order chi connectivity index (χ0) is 55.2. The second-order valence-corrected chi connectivity index (χ2v) is 21.2. The molecule has 0 saturated carbocycles. The Morgan fingerprint density at radius 1 is 0.280 bits per heavy atom. The Morgan fingerprint density at radius 3 is 0.707 bits per heavy atom. The van der Waals surface area contributed by atoms with Crippen LogP contribution in [0, 0.1) is 5.41 Å². The van der Waals surface area contributed by atoms with Gasteiger partial charge in [-0.1, -0.05) is 245 Å². The van der Waals surface area contributed by atoms with Crippen molar-refractivity contribution >= 4 is 29.8 Å². The minimum atomic E-state index is -0.588. The van der Waals surface area contributed by atoms with E-state index in [1.165, 1.54) is 94.6 Å². The molecule has 0 N–H and O–H groups in total. The number of carbonyl (C=O) groups is 5. The summed E-state index contributed by atoms with van der Waals surface area (Å²) in [6.07, 6.45) is 53.7. The van der Waals surface area contributed by atoms with Crippen LogP contribution in [0.4, 0.5) is 0 Å². The van der Waals surface area contributed by atoms with Crippen molar-refractivity contribution in [2.24, 2.45) is 5.41 Å². The Kier molecular flexibility index (Phi) is 49.4. The van der Waals surface area contributed by atoms with Crippen LogP contribution in [-0.4, -0.2) is 61.9 Å². The fourth-order valence-electron chi connectivity index (χ4n) is 10.7. The molecule has 0 fully saturated rings. The van der Waals surface area contributed by atoms with E-state index in [1.807, 2.05) is 0 Å². The van der Waals surface area contributed by atoms with Crippen LogP contribution in [0.15, 0.2) is 63.3 Å². The normalized spacial score (nSPS) is 12.7. The Labute approximate surface area is 459 Å². The predicted octanol–water partition coefficient (Wildman–Crippen LogP) is 18.2. The van der Waals surface area contributed by atoms with E-state index in [4.69, 9.17) is 23.7 Å². The van der Waals surface area contributed by atoms with Crippen LogP contribution in [0.25, 0.3) is 0 Å². The number of carbonyl (C=O) groups excluding carboxylic acids is 5. The number of esters is 5. The fourth-order valence-corrected chi connectivity index (χ4v) is 10.7. The average molecular weight is 1050 g/mol. The molecule has 75 heavy (non-hydrogen) atoms. The standard InChI is InChI=1S/C65H112O10/c1-7-13-14-15-16-23-32-41-50-64(52-43-34-27-31-40-49-58-74-62(69)11-5,51-42-33-24-22-30-39-48-57-73-61(68)10-4)65(75-63(70)12-6,54-45-36-26-19-21-29-38-47-56-72-60(67)9-3)53-44-35-25-18-17-20-28-37-46-55-71-59(66)8-2/h8-12H,2-7,13-58H2,1H3. The minimum Gasteiger partial charge on any atom is -0.463 e. The highest BCUT2D eigenvalue weighted by atomic mass is 16.6. The lowest BCUT2D eigenvalue weighted by molar-refractivity contribution is -0.182. The second kappa shape index (κ2) is 52.1. The molecule has 0 aromatic rings. The molecule has 0 rings (SSSR count). The molecule has 0 radical (unpaired) electrons. The molecule has 10 nitrogen and oxygen atoms in total. The van der Waals surface area contributed by atoms with Crippen LogP contribution in [-0.2, 0) is 47.7 Å². The highest BCUT2D eigenvalue weighted by molar-refractivity contribution is 5.82. The summed E-state index contributed by atoms with van der Waals surface area (Å²) in [6, 6.07) is 0. The van der Waals surface area contributed by atoms with Crippen molar-refractivity contribution in [3.63, 3.8) is 0 Å². The molecule has 2 atom stereocenters. The lowest BCUT2D eigenvalue weighted by atomic mass is 9.59. The first kappa shape index (κ1) is 71.0. The van der Waals surface area contributed by atoms with Crippen molar-refractivity contribution in [1.29, 1.82) is 0 Å². The van der Waals surface area contributed by atoms with Crippen molar-refractivity contribution in [2.45, 2.75) is 289 Å². The maximum absolute atomic E-state index is 13.9. The van der Waals surface area contributed by atoms with Crippen LogP contribution in [0.1, 0.15) is 283 Å². The molecule has 0 bridgehead atoms. The zero-order valence-electron chi connectivity index (χ0n) is 48.2. The summed E-state index contributed by atoms with van der Waals surface area (Å²) in [5.74, 6) is -1.72. The Morgan fingerprint density at radius 2 is 0.480 bits per heavy atom. The number of hydrogen-bond acceptors (Lipinski definition) is 10. The van der Waals surface area contributed by atoms with Crippen molar-refractivity contribution in [3.05, 3.63) is 63.3 Å². The monoisotopic (exact) mass is 1050 g/mol. The third-order valence-electron chi connectivity index (χ3n) is 15.1. The molecule has 0 aliphatic rings. The molecule has 2 unspecified atom stereocenters. The van der Waals surface area contributed by atoms with Gasteiger partial charge in [-0.3, -0.25) is 0 Å². The summed E-state index contributed by atoms with van der Waals surface area (Å²) >= 11 is 0. The lowest BCUT2D eigenvalue weighted by Gasteiger charge is -2.51. The second-order valence-electron chi connectivity index (χ2n) is 21.2. The van der Waals surface area contributed by atoms with Crippen molar-refractivity contribution in [3.8, 4) is 0 Å². The van der Waals surface area contributed by atoms with Crippen molar-refractivity contribution < 1.29 is 47.7 Å². The van der Waals surface area contributed by atoms with Gasteiger partial charge in [0.2, 0.25) is 0 Å². The van der Waals surface area contributed by atoms with Crippen molar-refractivity contribution in [2.75, 3.05) is 26.4 Å². The lowest BCUT2D eigenvalue weighted by Crippen LogP contribution is -2.52. The Balaban J connectivity index is 6.55. The van der Waals surface area contributed by atoms with Crippen molar-refractivity contribution in [1.82, 2.24) is 0 Å². The highest BCUT2D eigenvalue weighted by Crippen LogP contribution is 2.53. The first-order valence-electron chi connectivity index (χ1n) is 30.6. The third kappa shape index (κ3) is 40.9. The number of unbranched alkanes of at least 4 members (excludes halogenated alkanes) is 33. The smallest absolute Gasteiger partial charge is 0.330 e. The molecule has 0 aromatic heterocycles. The largest absolute Gasteiger partial charge is 0.463 e. The van der Waals surface area contributed by atoms with Crippen LogP contribution in [0.3, 0.4) is 0 Å². The SMILES string of the molecule is C=CC(=O)OCCCCCCCCCCCC(CCCCCCCCCCOC(=O)C=C)(OC(=O)C=C)C(CCCCCCCCCC)(CCCCCCCCCOC(=O)C=C)CCCCCCCCOC(=O)C=C. The molecular formula is C65H112O10. The van der Waals surface area contributed by atoms with E-state index >= 15 is 0 Å². The first-order valence-corrected chi connectivity index (χ1v) is 30.6. The van der Waals surface area contributed by atoms with E-state index in [1.54, 1.807) is 0 Å². The fraction of sp³-hybridized carbons (Fsp3) is 0.769. The van der Waals surface area contributed by atoms with Gasteiger partial charge in [0.15, 0.2) is 0 Å². The molecule has 0 amide bonds. The molecule has 0 heterocycles. The van der Waals surface area contributed by atoms with E-state index in [2.05, 4.69) is 39.8 Å². The molecule has 432 valence electrons. The number of hydrogen-bond donors (Lipinski definition) is 0. The van der Waals surface area contributed by atoms with Gasteiger partial charge in [-0.25, -0.2) is 24.0 Å². The van der Waals surface area contributed by atoms with Gasteiger partial charge < -0.3 is 23.7 Å². The van der Waals surface area contributed by atoms with E-state index in [0.29, 0.717) is 26.4 Å². The minimum absolute atomic E-state index is 0.156. The Hall–Kier alpha value is -3.95. The molecule has 0 saturated heterocycles. The number of ether oxygens (including phenoxy) is 5. The van der Waals surface area contributed by atoms with Gasteiger partial charge in [-0.05, 0) is 70.6 Å². The van der Waals surface area contributed by atoms with E-state index in [-0.39, 0.29) is 35.3 Å². The van der Waals surface area contributed by atoms with Gasteiger partial charge in [0.25, 0.3) is 0 Å². The quantitative estimate of drug-likeness (QED) is 0.0251. The van der Waals surface area contributed by atoms with E-state index in [9.17, 15) is 24.0 Å². The van der Waals surface area contributed by atoms with Gasteiger partial charge >= 0.3 is 29.8 Å². The summed E-state index contributed by atoms with van der Waals surface area (Å²) in [4.78, 5) is 59.8. The van der Waals surface area contributed by atoms with Crippen LogP contribution < -0.4 is 0 Å². The molecule has 0 aliphatic heterocycles. The van der Waals surface area contributed by atoms with Crippen LogP contribution >= 0.6 is 0 Å².